The van der Waals surface area contributed by atoms with E-state index in [1.54, 1.807) is 0 Å². The Kier molecular flexibility index (Phi) is 4.36. The number of nitrogens with zero attached hydrogens (tertiary/aromatic N) is 2. The lowest BCUT2D eigenvalue weighted by molar-refractivity contribution is -0.142. The van der Waals surface area contributed by atoms with Crippen LogP contribution in [0.4, 0.5) is 0 Å². The first-order chi connectivity index (χ1) is 8.69. The Morgan fingerprint density at radius 2 is 2.28 bits per heavy atom. The van der Waals surface area contributed by atoms with Crippen LogP contribution in [-0.2, 0) is 16.1 Å². The summed E-state index contributed by atoms with van der Waals surface area (Å²) >= 11 is 0. The minimum absolute atomic E-state index is 0.192. The van der Waals surface area contributed by atoms with E-state index in [9.17, 15) is 4.79 Å². The van der Waals surface area contributed by atoms with Crippen LogP contribution in [0.2, 0.25) is 0 Å². The van der Waals surface area contributed by atoms with Crippen LogP contribution < -0.4 is 0 Å². The van der Waals surface area contributed by atoms with Crippen molar-refractivity contribution >= 4 is 5.97 Å². The molecule has 0 amide bonds. The molecule has 5 nitrogen and oxygen atoms in total. The van der Waals surface area contributed by atoms with Gasteiger partial charge in [0.05, 0.1) is 19.3 Å². The summed E-state index contributed by atoms with van der Waals surface area (Å²) in [6, 6.07) is 2.38. The van der Waals surface area contributed by atoms with Crippen LogP contribution in [0.15, 0.2) is 10.6 Å². The molecule has 1 aliphatic carbocycles. The molecule has 0 spiro atoms. The molecule has 18 heavy (non-hydrogen) atoms. The minimum atomic E-state index is -0.192. The van der Waals surface area contributed by atoms with E-state index in [0.717, 1.165) is 24.3 Å². The van der Waals surface area contributed by atoms with Gasteiger partial charge < -0.3 is 9.26 Å². The Bertz CT molecular complexity index is 397. The number of hydrogen-bond donors (Lipinski definition) is 0. The fraction of sp³-hybridized carbons (Fsp3) is 0.692. The molecule has 0 aromatic carbocycles. The summed E-state index contributed by atoms with van der Waals surface area (Å²) in [4.78, 5) is 13.6. The molecule has 1 heterocycles. The SMILES string of the molecule is COC(=O)CN(Cc1cc(C)on1)C1CCCC1. The maximum Gasteiger partial charge on any atom is 0.319 e. The van der Waals surface area contributed by atoms with Crippen molar-refractivity contribution in [3.63, 3.8) is 0 Å². The molecule has 1 aromatic heterocycles. The lowest BCUT2D eigenvalue weighted by Gasteiger charge is -2.26. The van der Waals surface area contributed by atoms with Gasteiger partial charge in [-0.3, -0.25) is 9.69 Å². The molecule has 0 bridgehead atoms. The fourth-order valence-corrected chi connectivity index (χ4v) is 2.51. The van der Waals surface area contributed by atoms with Crippen LogP contribution in [0.5, 0.6) is 0 Å². The Morgan fingerprint density at radius 1 is 1.56 bits per heavy atom. The smallest absolute Gasteiger partial charge is 0.319 e. The van der Waals surface area contributed by atoms with Crippen LogP contribution in [-0.4, -0.2) is 35.7 Å². The monoisotopic (exact) mass is 252 g/mol. The largest absolute Gasteiger partial charge is 0.468 e. The average molecular weight is 252 g/mol. The Hall–Kier alpha value is -1.36. The van der Waals surface area contributed by atoms with Gasteiger partial charge in [0.15, 0.2) is 0 Å². The predicted octanol–water partition coefficient (Wildman–Crippen LogP) is 1.90. The molecule has 1 saturated carbocycles. The van der Waals surface area contributed by atoms with Crippen molar-refractivity contribution in [2.24, 2.45) is 0 Å². The van der Waals surface area contributed by atoms with E-state index >= 15 is 0 Å². The molecular weight excluding hydrogens is 232 g/mol. The van der Waals surface area contributed by atoms with Gasteiger partial charge in [-0.2, -0.15) is 0 Å². The first-order valence-electron chi connectivity index (χ1n) is 6.42. The Morgan fingerprint density at radius 3 is 2.83 bits per heavy atom. The first-order valence-corrected chi connectivity index (χ1v) is 6.42. The van der Waals surface area contributed by atoms with Gasteiger partial charge in [-0.05, 0) is 19.8 Å². The number of carbonyl (C=O) groups excluding carboxylic acids is 1. The van der Waals surface area contributed by atoms with Gasteiger partial charge >= 0.3 is 5.97 Å². The highest BCUT2D eigenvalue weighted by Gasteiger charge is 2.25. The second kappa shape index (κ2) is 6.00. The van der Waals surface area contributed by atoms with Gasteiger partial charge in [0.2, 0.25) is 0 Å². The molecule has 5 heteroatoms. The zero-order valence-corrected chi connectivity index (χ0v) is 11.0. The van der Waals surface area contributed by atoms with Gasteiger partial charge in [-0.25, -0.2) is 0 Å². The Balaban J connectivity index is 2.01. The van der Waals surface area contributed by atoms with Crippen LogP contribution in [0.25, 0.3) is 0 Å². The van der Waals surface area contributed by atoms with Gasteiger partial charge in [-0.1, -0.05) is 18.0 Å². The van der Waals surface area contributed by atoms with Crippen molar-refractivity contribution in [3.05, 3.63) is 17.5 Å². The second-order valence-corrected chi connectivity index (χ2v) is 4.85. The third-order valence-corrected chi connectivity index (χ3v) is 3.44. The third kappa shape index (κ3) is 3.32. The van der Waals surface area contributed by atoms with Crippen LogP contribution >= 0.6 is 0 Å². The number of esters is 1. The topological polar surface area (TPSA) is 55.6 Å². The standard InChI is InChI=1S/C13H20N2O3/c1-10-7-11(14-18-10)8-15(9-13(16)17-2)12-5-3-4-6-12/h7,12H,3-6,8-9H2,1-2H3. The number of hydrogen-bond acceptors (Lipinski definition) is 5. The summed E-state index contributed by atoms with van der Waals surface area (Å²) in [5, 5.41) is 3.99. The normalized spacial score (nSPS) is 16.4. The van der Waals surface area contributed by atoms with Gasteiger partial charge in [0, 0.05) is 18.7 Å². The lowest BCUT2D eigenvalue weighted by Crippen LogP contribution is -2.37. The van der Waals surface area contributed by atoms with E-state index in [-0.39, 0.29) is 5.97 Å². The fourth-order valence-electron chi connectivity index (χ4n) is 2.51. The molecule has 100 valence electrons. The van der Waals surface area contributed by atoms with Gasteiger partial charge in [-0.15, -0.1) is 0 Å². The predicted molar refractivity (Wildman–Crippen MR) is 65.9 cm³/mol. The van der Waals surface area contributed by atoms with E-state index in [1.165, 1.54) is 20.0 Å². The molecule has 0 unspecified atom stereocenters. The maximum absolute atomic E-state index is 11.5. The number of carbonyl (C=O) groups is 1. The van der Waals surface area contributed by atoms with E-state index in [2.05, 4.69) is 10.1 Å². The van der Waals surface area contributed by atoms with Crippen molar-refractivity contribution in [1.82, 2.24) is 10.1 Å². The summed E-state index contributed by atoms with van der Waals surface area (Å²) in [6.45, 7) is 2.85. The number of aryl methyl sites for hydroxylation is 1. The summed E-state index contributed by atoms with van der Waals surface area (Å²) < 4.78 is 9.83. The molecule has 1 aromatic rings. The zero-order chi connectivity index (χ0) is 13.0. The van der Waals surface area contributed by atoms with E-state index in [4.69, 9.17) is 9.26 Å². The van der Waals surface area contributed by atoms with Crippen LogP contribution in [0.3, 0.4) is 0 Å². The average Bonchev–Trinajstić information content (AvgIpc) is 2.99. The lowest BCUT2D eigenvalue weighted by atomic mass is 10.2. The van der Waals surface area contributed by atoms with Crippen LogP contribution in [0, 0.1) is 6.92 Å². The van der Waals surface area contributed by atoms with Crippen molar-refractivity contribution in [3.8, 4) is 0 Å². The van der Waals surface area contributed by atoms with Crippen LogP contribution in [0.1, 0.15) is 37.1 Å². The molecule has 0 aliphatic heterocycles. The zero-order valence-electron chi connectivity index (χ0n) is 11.0. The molecule has 1 fully saturated rings. The molecule has 0 N–H and O–H groups in total. The van der Waals surface area contributed by atoms with Crippen molar-refractivity contribution in [2.45, 2.75) is 45.2 Å². The molecule has 0 atom stereocenters. The highest BCUT2D eigenvalue weighted by atomic mass is 16.5. The molecule has 2 rings (SSSR count). The molecular formula is C13H20N2O3. The number of aromatic nitrogens is 1. The van der Waals surface area contributed by atoms with Gasteiger partial charge in [0.25, 0.3) is 0 Å². The number of rotatable bonds is 5. The highest BCUT2D eigenvalue weighted by Crippen LogP contribution is 2.24. The number of ether oxygens (including phenoxy) is 1. The summed E-state index contributed by atoms with van der Waals surface area (Å²) in [5.41, 5.74) is 0.878. The summed E-state index contributed by atoms with van der Waals surface area (Å²) in [5.74, 6) is 0.608. The maximum atomic E-state index is 11.5. The van der Waals surface area contributed by atoms with Crippen molar-refractivity contribution in [2.75, 3.05) is 13.7 Å². The van der Waals surface area contributed by atoms with Gasteiger partial charge in [0.1, 0.15) is 5.76 Å². The number of methoxy groups -OCH3 is 1. The highest BCUT2D eigenvalue weighted by molar-refractivity contribution is 5.71. The van der Waals surface area contributed by atoms with Crippen molar-refractivity contribution in [1.29, 1.82) is 0 Å². The summed E-state index contributed by atoms with van der Waals surface area (Å²) in [7, 11) is 1.43. The Labute approximate surface area is 107 Å². The van der Waals surface area contributed by atoms with E-state index in [1.807, 2.05) is 13.0 Å². The minimum Gasteiger partial charge on any atom is -0.468 e. The second-order valence-electron chi connectivity index (χ2n) is 4.85. The molecule has 0 radical (unpaired) electrons. The van der Waals surface area contributed by atoms with E-state index in [0.29, 0.717) is 19.1 Å². The summed E-state index contributed by atoms with van der Waals surface area (Å²) in [6.07, 6.45) is 4.77. The molecule has 1 aliphatic rings. The first kappa shape index (κ1) is 13.1. The van der Waals surface area contributed by atoms with Crippen molar-refractivity contribution < 1.29 is 14.1 Å². The quantitative estimate of drug-likeness (QED) is 0.749. The molecule has 0 saturated heterocycles. The van der Waals surface area contributed by atoms with E-state index < -0.39 is 0 Å². The third-order valence-electron chi connectivity index (χ3n) is 3.44.